The lowest BCUT2D eigenvalue weighted by molar-refractivity contribution is -0.387. The summed E-state index contributed by atoms with van der Waals surface area (Å²) in [5.74, 6) is -1.71. The molecule has 0 atom stereocenters. The normalized spacial score (nSPS) is 10.5. The summed E-state index contributed by atoms with van der Waals surface area (Å²) < 4.78 is 1.61. The van der Waals surface area contributed by atoms with Gasteiger partial charge in [0, 0.05) is 25.2 Å². The molecular formula is C15H17N5O5S. The van der Waals surface area contributed by atoms with Gasteiger partial charge in [-0.1, -0.05) is 6.92 Å². The van der Waals surface area contributed by atoms with Crippen molar-refractivity contribution in [1.82, 2.24) is 19.7 Å². The number of aliphatic carboxylic acids is 1. The van der Waals surface area contributed by atoms with E-state index in [1.165, 1.54) is 18.5 Å². The highest BCUT2D eigenvalue weighted by molar-refractivity contribution is 7.99. The molecule has 10 nitrogen and oxygen atoms in total. The first-order valence-electron chi connectivity index (χ1n) is 7.64. The van der Waals surface area contributed by atoms with Crippen LogP contribution in [0, 0.1) is 10.1 Å². The smallest absolute Gasteiger partial charge is 0.323 e. The average molecular weight is 379 g/mol. The highest BCUT2D eigenvalue weighted by Gasteiger charge is 2.23. The maximum absolute atomic E-state index is 12.5. The first kappa shape index (κ1) is 19.4. The Kier molecular flexibility index (Phi) is 6.28. The number of hydrogen-bond acceptors (Lipinski definition) is 7. The van der Waals surface area contributed by atoms with Crippen LogP contribution in [0.15, 0.2) is 34.6 Å². The second-order valence-electron chi connectivity index (χ2n) is 5.39. The van der Waals surface area contributed by atoms with Crippen molar-refractivity contribution in [2.24, 2.45) is 7.05 Å². The number of carboxylic acids is 1. The Balaban J connectivity index is 2.34. The highest BCUT2D eigenvalue weighted by Crippen LogP contribution is 2.34. The third-order valence-corrected chi connectivity index (χ3v) is 4.50. The van der Waals surface area contributed by atoms with E-state index in [2.05, 4.69) is 10.2 Å². The number of nitro benzene ring substituents is 1. The van der Waals surface area contributed by atoms with Crippen LogP contribution in [0.2, 0.25) is 0 Å². The summed E-state index contributed by atoms with van der Waals surface area (Å²) in [5, 5.41) is 28.4. The SMILES string of the molecule is CCCN(CC(=O)O)C(=O)c1ccc(Sc2nncn2C)c([N+](=O)[O-])c1. The van der Waals surface area contributed by atoms with Crippen LogP contribution in [0.1, 0.15) is 23.7 Å². The second-order valence-corrected chi connectivity index (χ2v) is 6.40. The first-order valence-corrected chi connectivity index (χ1v) is 8.46. The number of aromatic nitrogens is 3. The molecule has 0 unspecified atom stereocenters. The van der Waals surface area contributed by atoms with Crippen LogP contribution in [0.4, 0.5) is 5.69 Å². The molecule has 1 aromatic carbocycles. The van der Waals surface area contributed by atoms with Crippen LogP contribution in [0.3, 0.4) is 0 Å². The van der Waals surface area contributed by atoms with E-state index < -0.39 is 23.3 Å². The third kappa shape index (κ3) is 4.57. The zero-order valence-electron chi connectivity index (χ0n) is 14.2. The van der Waals surface area contributed by atoms with Crippen molar-refractivity contribution in [3.05, 3.63) is 40.2 Å². The Bertz CT molecular complexity index is 838. The Hall–Kier alpha value is -2.95. The van der Waals surface area contributed by atoms with Crippen molar-refractivity contribution >= 4 is 29.3 Å². The molecule has 0 radical (unpaired) electrons. The lowest BCUT2D eigenvalue weighted by Gasteiger charge is -2.20. The fourth-order valence-electron chi connectivity index (χ4n) is 2.21. The van der Waals surface area contributed by atoms with Gasteiger partial charge in [-0.25, -0.2) is 0 Å². The van der Waals surface area contributed by atoms with Gasteiger partial charge in [0.2, 0.25) is 0 Å². The van der Waals surface area contributed by atoms with E-state index in [1.54, 1.807) is 11.6 Å². The molecule has 11 heteroatoms. The maximum atomic E-state index is 12.5. The number of benzene rings is 1. The molecule has 2 rings (SSSR count). The van der Waals surface area contributed by atoms with Crippen LogP contribution in [-0.2, 0) is 11.8 Å². The van der Waals surface area contributed by atoms with Gasteiger partial charge in [-0.2, -0.15) is 0 Å². The van der Waals surface area contributed by atoms with E-state index in [9.17, 15) is 19.7 Å². The average Bonchev–Trinajstić information content (AvgIpc) is 2.98. The largest absolute Gasteiger partial charge is 0.480 e. The molecule has 0 bridgehead atoms. The van der Waals surface area contributed by atoms with Crippen molar-refractivity contribution in [2.45, 2.75) is 23.4 Å². The van der Waals surface area contributed by atoms with E-state index in [-0.39, 0.29) is 17.8 Å². The molecule has 1 aromatic heterocycles. The Morgan fingerprint density at radius 2 is 2.15 bits per heavy atom. The number of hydrogen-bond donors (Lipinski definition) is 1. The van der Waals surface area contributed by atoms with Gasteiger partial charge in [-0.3, -0.25) is 19.7 Å². The van der Waals surface area contributed by atoms with Crippen molar-refractivity contribution in [1.29, 1.82) is 0 Å². The minimum absolute atomic E-state index is 0.0636. The molecule has 1 heterocycles. The zero-order chi connectivity index (χ0) is 19.3. The molecule has 2 aromatic rings. The molecule has 0 aliphatic rings. The second kappa shape index (κ2) is 8.43. The maximum Gasteiger partial charge on any atom is 0.323 e. The predicted molar refractivity (Wildman–Crippen MR) is 92.1 cm³/mol. The van der Waals surface area contributed by atoms with E-state index in [0.717, 1.165) is 22.7 Å². The number of rotatable bonds is 8. The summed E-state index contributed by atoms with van der Waals surface area (Å²) in [5.41, 5.74) is -0.190. The van der Waals surface area contributed by atoms with Gasteiger partial charge in [0.25, 0.3) is 11.6 Å². The molecule has 26 heavy (non-hydrogen) atoms. The van der Waals surface area contributed by atoms with Gasteiger partial charge in [0.1, 0.15) is 12.9 Å². The number of carbonyl (C=O) groups excluding carboxylic acids is 1. The number of carbonyl (C=O) groups is 2. The minimum Gasteiger partial charge on any atom is -0.480 e. The zero-order valence-corrected chi connectivity index (χ0v) is 15.0. The van der Waals surface area contributed by atoms with Crippen LogP contribution >= 0.6 is 11.8 Å². The quantitative estimate of drug-likeness (QED) is 0.542. The van der Waals surface area contributed by atoms with Gasteiger partial charge >= 0.3 is 5.97 Å². The van der Waals surface area contributed by atoms with Gasteiger partial charge in [0.15, 0.2) is 5.16 Å². The lowest BCUT2D eigenvalue weighted by atomic mass is 10.1. The Labute approximate surface area is 153 Å². The summed E-state index contributed by atoms with van der Waals surface area (Å²) in [6.45, 7) is 1.59. The fraction of sp³-hybridized carbons (Fsp3) is 0.333. The number of aryl methyl sites for hydroxylation is 1. The number of nitrogens with zero attached hydrogens (tertiary/aromatic N) is 5. The molecule has 0 aliphatic heterocycles. The summed E-state index contributed by atoms with van der Waals surface area (Å²) in [7, 11) is 1.71. The predicted octanol–water partition coefficient (Wildman–Crippen LogP) is 1.81. The van der Waals surface area contributed by atoms with Crippen LogP contribution in [0.25, 0.3) is 0 Å². The van der Waals surface area contributed by atoms with Gasteiger partial charge < -0.3 is 14.6 Å². The van der Waals surface area contributed by atoms with E-state index in [1.807, 2.05) is 6.92 Å². The summed E-state index contributed by atoms with van der Waals surface area (Å²) in [4.78, 5) is 35.8. The van der Waals surface area contributed by atoms with Crippen LogP contribution < -0.4 is 0 Å². The molecule has 138 valence electrons. The molecule has 0 aliphatic carbocycles. The van der Waals surface area contributed by atoms with Crippen molar-refractivity contribution in [3.63, 3.8) is 0 Å². The van der Waals surface area contributed by atoms with Crippen molar-refractivity contribution < 1.29 is 19.6 Å². The van der Waals surface area contributed by atoms with Gasteiger partial charge in [0.05, 0.1) is 9.82 Å². The Morgan fingerprint density at radius 1 is 1.42 bits per heavy atom. The highest BCUT2D eigenvalue weighted by atomic mass is 32.2. The molecule has 1 amide bonds. The van der Waals surface area contributed by atoms with Gasteiger partial charge in [-0.15, -0.1) is 10.2 Å². The van der Waals surface area contributed by atoms with E-state index in [4.69, 9.17) is 5.11 Å². The van der Waals surface area contributed by atoms with E-state index in [0.29, 0.717) is 16.5 Å². The molecule has 1 N–H and O–H groups in total. The monoisotopic (exact) mass is 379 g/mol. The van der Waals surface area contributed by atoms with Gasteiger partial charge in [-0.05, 0) is 30.3 Å². The summed E-state index contributed by atoms with van der Waals surface area (Å²) in [6, 6.07) is 4.06. The number of nitro groups is 1. The Morgan fingerprint density at radius 3 is 2.69 bits per heavy atom. The summed E-state index contributed by atoms with van der Waals surface area (Å²) in [6.07, 6.45) is 2.04. The molecule has 0 saturated carbocycles. The number of carboxylic acid groups (broad SMARTS) is 1. The summed E-state index contributed by atoms with van der Waals surface area (Å²) >= 11 is 1.05. The molecular weight excluding hydrogens is 362 g/mol. The standard InChI is InChI=1S/C15H17N5O5S/c1-3-6-19(8-13(21)22)14(23)10-4-5-12(11(7-10)20(24)25)26-15-17-16-9-18(15)2/h4-5,7,9H,3,6,8H2,1-2H3,(H,21,22). The van der Waals surface area contributed by atoms with Crippen molar-refractivity contribution in [2.75, 3.05) is 13.1 Å². The fourth-order valence-corrected chi connectivity index (χ4v) is 3.06. The molecule has 0 saturated heterocycles. The van der Waals surface area contributed by atoms with Crippen LogP contribution in [0.5, 0.6) is 0 Å². The lowest BCUT2D eigenvalue weighted by Crippen LogP contribution is -2.36. The van der Waals surface area contributed by atoms with E-state index >= 15 is 0 Å². The number of amides is 1. The van der Waals surface area contributed by atoms with Crippen molar-refractivity contribution in [3.8, 4) is 0 Å². The molecule has 0 fully saturated rings. The first-order chi connectivity index (χ1) is 12.3. The molecule has 0 spiro atoms. The third-order valence-electron chi connectivity index (χ3n) is 3.38. The minimum atomic E-state index is -1.14. The topological polar surface area (TPSA) is 131 Å². The van der Waals surface area contributed by atoms with Crippen LogP contribution in [-0.4, -0.2) is 54.7 Å².